The van der Waals surface area contributed by atoms with E-state index in [1.165, 1.54) is 4.90 Å². The minimum absolute atomic E-state index is 0.0280. The SMILES string of the molecule is CC(C)(C)OC(=O)N1C(=O)[C@@H](O[Si](C)(C)C(C)(C)C)C[C@H]1CO[Si](C)(C)C(C)(C)C. The van der Waals surface area contributed by atoms with Crippen molar-refractivity contribution in [1.29, 1.82) is 0 Å². The minimum atomic E-state index is -2.17. The second-order valence-corrected chi connectivity index (χ2v) is 22.1. The lowest BCUT2D eigenvalue weighted by atomic mass is 10.2. The second-order valence-electron chi connectivity index (χ2n) is 12.5. The Bertz CT molecular complexity index is 641. The van der Waals surface area contributed by atoms with Crippen LogP contribution in [0.5, 0.6) is 0 Å². The topological polar surface area (TPSA) is 65.1 Å². The lowest BCUT2D eigenvalue weighted by molar-refractivity contribution is -0.134. The van der Waals surface area contributed by atoms with Gasteiger partial charge in [-0.25, -0.2) is 9.69 Å². The van der Waals surface area contributed by atoms with E-state index in [0.29, 0.717) is 13.0 Å². The maximum Gasteiger partial charge on any atom is 0.417 e. The molecule has 0 bridgehead atoms. The van der Waals surface area contributed by atoms with Crippen LogP contribution < -0.4 is 0 Å². The molecule has 0 aromatic rings. The quantitative estimate of drug-likeness (QED) is 0.476. The van der Waals surface area contributed by atoms with Crippen molar-refractivity contribution >= 4 is 28.6 Å². The van der Waals surface area contributed by atoms with Crippen LogP contribution in [0.4, 0.5) is 4.79 Å². The van der Waals surface area contributed by atoms with Crippen LogP contribution in [0.15, 0.2) is 0 Å². The third-order valence-corrected chi connectivity index (χ3v) is 15.6. The molecule has 2 atom stereocenters. The predicted octanol–water partition coefficient (Wildman–Crippen LogP) is 5.93. The molecule has 0 aromatic carbocycles. The summed E-state index contributed by atoms with van der Waals surface area (Å²) in [6, 6.07) is -0.378. The molecule has 0 spiro atoms. The van der Waals surface area contributed by atoms with E-state index in [1.807, 2.05) is 0 Å². The van der Waals surface area contributed by atoms with Gasteiger partial charge in [0.1, 0.15) is 11.7 Å². The van der Waals surface area contributed by atoms with E-state index in [4.69, 9.17) is 13.6 Å². The van der Waals surface area contributed by atoms with Gasteiger partial charge in [-0.15, -0.1) is 0 Å². The molecule has 0 unspecified atom stereocenters. The fourth-order valence-corrected chi connectivity index (χ4v) is 4.94. The first kappa shape index (κ1) is 27.3. The molecule has 30 heavy (non-hydrogen) atoms. The van der Waals surface area contributed by atoms with Crippen LogP contribution in [0.25, 0.3) is 0 Å². The highest BCUT2D eigenvalue weighted by Crippen LogP contribution is 2.40. The van der Waals surface area contributed by atoms with Gasteiger partial charge in [-0.1, -0.05) is 41.5 Å². The highest BCUT2D eigenvalue weighted by Gasteiger charge is 2.50. The fourth-order valence-electron chi connectivity index (χ4n) is 2.63. The summed E-state index contributed by atoms with van der Waals surface area (Å²) in [6.07, 6.45) is -0.803. The van der Waals surface area contributed by atoms with Crippen LogP contribution in [0, 0.1) is 0 Å². The smallest absolute Gasteiger partial charge is 0.417 e. The third kappa shape index (κ3) is 6.64. The molecule has 0 saturated carbocycles. The minimum Gasteiger partial charge on any atom is -0.443 e. The summed E-state index contributed by atoms with van der Waals surface area (Å²) in [7, 11) is -4.20. The van der Waals surface area contributed by atoms with Crippen molar-refractivity contribution < 1.29 is 23.2 Å². The predicted molar refractivity (Wildman–Crippen MR) is 127 cm³/mol. The van der Waals surface area contributed by atoms with Crippen molar-refractivity contribution in [2.24, 2.45) is 0 Å². The summed E-state index contributed by atoms with van der Waals surface area (Å²) in [6.45, 7) is 27.3. The molecule has 176 valence electrons. The van der Waals surface area contributed by atoms with Gasteiger partial charge in [0.15, 0.2) is 16.6 Å². The van der Waals surface area contributed by atoms with E-state index in [1.54, 1.807) is 20.8 Å². The van der Waals surface area contributed by atoms with Crippen LogP contribution in [0.2, 0.25) is 36.3 Å². The monoisotopic (exact) mass is 459 g/mol. The molecule has 1 heterocycles. The Hall–Kier alpha value is -0.706. The van der Waals surface area contributed by atoms with Gasteiger partial charge in [0, 0.05) is 6.42 Å². The first-order valence-electron chi connectivity index (χ1n) is 11.0. The zero-order valence-electron chi connectivity index (χ0n) is 21.6. The summed E-state index contributed by atoms with van der Waals surface area (Å²) >= 11 is 0. The highest BCUT2D eigenvalue weighted by molar-refractivity contribution is 6.74. The van der Waals surface area contributed by atoms with Crippen LogP contribution in [-0.4, -0.2) is 57.9 Å². The summed E-state index contributed by atoms with van der Waals surface area (Å²) in [4.78, 5) is 27.4. The first-order chi connectivity index (χ1) is 13.1. The van der Waals surface area contributed by atoms with Gasteiger partial charge in [-0.3, -0.25) is 4.79 Å². The molecule has 2 amide bonds. The summed E-state index contributed by atoms with van der Waals surface area (Å²) in [5, 5.41) is 0.0170. The largest absolute Gasteiger partial charge is 0.443 e. The van der Waals surface area contributed by atoms with E-state index in [-0.39, 0.29) is 22.0 Å². The van der Waals surface area contributed by atoms with Crippen LogP contribution >= 0.6 is 0 Å². The van der Waals surface area contributed by atoms with Gasteiger partial charge in [0.05, 0.1) is 12.6 Å². The molecular formula is C22H45NO5Si2. The van der Waals surface area contributed by atoms with Gasteiger partial charge in [-0.2, -0.15) is 0 Å². The Labute approximate surface area is 186 Å². The molecule has 0 N–H and O–H groups in total. The van der Waals surface area contributed by atoms with Crippen molar-refractivity contribution in [2.75, 3.05) is 6.61 Å². The van der Waals surface area contributed by atoms with Crippen LogP contribution in [-0.2, 0) is 18.4 Å². The Morgan fingerprint density at radius 3 is 1.80 bits per heavy atom. The Morgan fingerprint density at radius 1 is 0.933 bits per heavy atom. The number of imide groups is 1. The van der Waals surface area contributed by atoms with E-state index in [2.05, 4.69) is 67.7 Å². The molecule has 6 nitrogen and oxygen atoms in total. The molecule has 1 aliphatic rings. The zero-order chi connectivity index (χ0) is 23.9. The number of carbonyl (C=O) groups is 2. The molecule has 1 aliphatic heterocycles. The number of rotatable bonds is 5. The molecule has 1 fully saturated rings. The maximum absolute atomic E-state index is 13.2. The van der Waals surface area contributed by atoms with Crippen molar-refractivity contribution in [3.8, 4) is 0 Å². The van der Waals surface area contributed by atoms with E-state index < -0.39 is 34.4 Å². The molecule has 1 saturated heterocycles. The number of ether oxygens (including phenoxy) is 1. The standard InChI is InChI=1S/C22H45NO5Si2/c1-20(2,3)27-19(25)23-16(15-26-29(10,11)21(4,5)6)14-17(18(23)24)28-30(12,13)22(7,8)9/h16-17H,14-15H2,1-13H3/t16-,17-/m0/s1. The fraction of sp³-hybridized carbons (Fsp3) is 0.909. The molecule has 0 aromatic heterocycles. The van der Waals surface area contributed by atoms with Crippen molar-refractivity contribution in [2.45, 2.75) is 123 Å². The Kier molecular flexibility index (Phi) is 7.90. The van der Waals surface area contributed by atoms with Crippen molar-refractivity contribution in [3.63, 3.8) is 0 Å². The normalized spacial score (nSPS) is 21.9. The highest BCUT2D eigenvalue weighted by atomic mass is 28.4. The zero-order valence-corrected chi connectivity index (χ0v) is 23.6. The van der Waals surface area contributed by atoms with Gasteiger partial charge in [0.2, 0.25) is 0 Å². The number of likely N-dealkylation sites (tertiary alicyclic amines) is 1. The van der Waals surface area contributed by atoms with Gasteiger partial charge >= 0.3 is 6.09 Å². The van der Waals surface area contributed by atoms with E-state index in [0.717, 1.165) is 0 Å². The molecule has 0 aliphatic carbocycles. The summed E-state index contributed by atoms with van der Waals surface area (Å²) in [5.74, 6) is -0.307. The van der Waals surface area contributed by atoms with Crippen LogP contribution in [0.1, 0.15) is 68.7 Å². The Morgan fingerprint density at radius 2 is 1.40 bits per heavy atom. The van der Waals surface area contributed by atoms with Crippen molar-refractivity contribution in [1.82, 2.24) is 4.90 Å². The van der Waals surface area contributed by atoms with Gasteiger partial charge in [0.25, 0.3) is 5.91 Å². The number of nitrogens with zero attached hydrogens (tertiary/aromatic N) is 1. The molecule has 0 radical (unpaired) electrons. The Balaban J connectivity index is 3.12. The number of hydrogen-bond acceptors (Lipinski definition) is 5. The van der Waals surface area contributed by atoms with Crippen LogP contribution in [0.3, 0.4) is 0 Å². The first-order valence-corrected chi connectivity index (χ1v) is 16.8. The second kappa shape index (κ2) is 8.67. The molecule has 1 rings (SSSR count). The number of amides is 2. The lowest BCUT2D eigenvalue weighted by Crippen LogP contribution is -2.49. The molecule has 8 heteroatoms. The van der Waals surface area contributed by atoms with Gasteiger partial charge < -0.3 is 13.6 Å². The van der Waals surface area contributed by atoms with Gasteiger partial charge in [-0.05, 0) is 57.0 Å². The summed E-state index contributed by atoms with van der Waals surface area (Å²) < 4.78 is 18.3. The average Bonchev–Trinajstić information content (AvgIpc) is 2.77. The lowest BCUT2D eigenvalue weighted by Gasteiger charge is -2.38. The van der Waals surface area contributed by atoms with E-state index >= 15 is 0 Å². The average molecular weight is 460 g/mol. The van der Waals surface area contributed by atoms with E-state index in [9.17, 15) is 9.59 Å². The maximum atomic E-state index is 13.2. The van der Waals surface area contributed by atoms with Crippen molar-refractivity contribution in [3.05, 3.63) is 0 Å². The number of hydrogen-bond donors (Lipinski definition) is 0. The molecular weight excluding hydrogens is 414 g/mol. The number of carbonyl (C=O) groups excluding carboxylic acids is 2. The summed E-state index contributed by atoms with van der Waals surface area (Å²) in [5.41, 5.74) is -0.680. The third-order valence-electron chi connectivity index (χ3n) is 6.64.